The quantitative estimate of drug-likeness (QED) is 0.656. The van der Waals surface area contributed by atoms with E-state index < -0.39 is 0 Å². The highest BCUT2D eigenvalue weighted by Gasteiger charge is 1.93. The van der Waals surface area contributed by atoms with Crippen LogP contribution < -0.4 is 5.73 Å². The molecule has 0 aliphatic heterocycles. The number of ether oxygens (including phenoxy) is 1. The van der Waals surface area contributed by atoms with Gasteiger partial charge in [0.1, 0.15) is 0 Å². The van der Waals surface area contributed by atoms with Gasteiger partial charge in [-0.25, -0.2) is 0 Å². The number of aliphatic hydroxyl groups excluding tert-OH is 1. The minimum absolute atomic E-state index is 0.0703. The Labute approximate surface area is 78.1 Å². The van der Waals surface area contributed by atoms with Crippen molar-refractivity contribution in [1.82, 2.24) is 0 Å². The van der Waals surface area contributed by atoms with Crippen LogP contribution in [0, 0.1) is 0 Å². The van der Waals surface area contributed by atoms with Crippen LogP contribution in [0.25, 0.3) is 0 Å². The molecule has 0 aromatic heterocycles. The maximum absolute atomic E-state index is 8.48. The zero-order chi connectivity index (χ0) is 9.52. The summed E-state index contributed by atoms with van der Waals surface area (Å²) in [5.74, 6) is 0. The molecule has 3 heteroatoms. The van der Waals surface area contributed by atoms with Crippen molar-refractivity contribution in [2.75, 3.05) is 13.2 Å². The monoisotopic (exact) mass is 181 g/mol. The summed E-state index contributed by atoms with van der Waals surface area (Å²) in [6.07, 6.45) is 0. The molecule has 0 unspecified atom stereocenters. The van der Waals surface area contributed by atoms with Gasteiger partial charge in [-0.15, -0.1) is 0 Å². The summed E-state index contributed by atoms with van der Waals surface area (Å²) in [4.78, 5) is 0. The van der Waals surface area contributed by atoms with Crippen LogP contribution in [0.2, 0.25) is 0 Å². The van der Waals surface area contributed by atoms with Crippen molar-refractivity contribution in [2.24, 2.45) is 5.73 Å². The van der Waals surface area contributed by atoms with Crippen LogP contribution in [0.3, 0.4) is 0 Å². The predicted molar refractivity (Wildman–Crippen MR) is 51.1 cm³/mol. The lowest BCUT2D eigenvalue weighted by molar-refractivity contribution is 0.0815. The minimum Gasteiger partial charge on any atom is -0.394 e. The first kappa shape index (κ1) is 10.2. The Kier molecular flexibility index (Phi) is 4.46. The molecule has 0 heterocycles. The minimum atomic E-state index is 0.0703. The number of benzene rings is 1. The van der Waals surface area contributed by atoms with Gasteiger partial charge in [-0.3, -0.25) is 0 Å². The number of nitrogens with two attached hydrogens (primary N) is 1. The summed E-state index contributed by atoms with van der Waals surface area (Å²) in [6.45, 7) is 1.57. The van der Waals surface area contributed by atoms with Crippen molar-refractivity contribution in [1.29, 1.82) is 0 Å². The van der Waals surface area contributed by atoms with Gasteiger partial charge in [-0.1, -0.05) is 24.3 Å². The second-order valence-corrected chi connectivity index (χ2v) is 2.80. The normalized spacial score (nSPS) is 10.3. The third-order valence-electron chi connectivity index (χ3n) is 1.76. The van der Waals surface area contributed by atoms with Crippen molar-refractivity contribution >= 4 is 0 Å². The maximum atomic E-state index is 8.48. The van der Waals surface area contributed by atoms with E-state index in [9.17, 15) is 0 Å². The molecule has 0 saturated carbocycles. The molecule has 0 aliphatic carbocycles. The first-order valence-electron chi connectivity index (χ1n) is 4.33. The van der Waals surface area contributed by atoms with Crippen LogP contribution >= 0.6 is 0 Å². The van der Waals surface area contributed by atoms with Gasteiger partial charge in [-0.2, -0.15) is 0 Å². The molecule has 0 amide bonds. The largest absolute Gasteiger partial charge is 0.394 e. The molecule has 3 N–H and O–H groups in total. The van der Waals surface area contributed by atoms with Gasteiger partial charge >= 0.3 is 0 Å². The molecular weight excluding hydrogens is 166 g/mol. The van der Waals surface area contributed by atoms with Gasteiger partial charge in [-0.05, 0) is 11.1 Å². The molecule has 13 heavy (non-hydrogen) atoms. The number of aliphatic hydroxyl groups is 1. The zero-order valence-corrected chi connectivity index (χ0v) is 7.57. The molecule has 1 aromatic rings. The van der Waals surface area contributed by atoms with E-state index in [4.69, 9.17) is 15.6 Å². The van der Waals surface area contributed by atoms with Crippen molar-refractivity contribution in [3.63, 3.8) is 0 Å². The van der Waals surface area contributed by atoms with E-state index in [-0.39, 0.29) is 6.61 Å². The lowest BCUT2D eigenvalue weighted by Crippen LogP contribution is -2.00. The topological polar surface area (TPSA) is 55.5 Å². The van der Waals surface area contributed by atoms with E-state index in [0.29, 0.717) is 19.8 Å². The molecule has 0 saturated heterocycles. The summed E-state index contributed by atoms with van der Waals surface area (Å²) in [5.41, 5.74) is 7.68. The van der Waals surface area contributed by atoms with Crippen molar-refractivity contribution in [3.05, 3.63) is 35.4 Å². The Hall–Kier alpha value is -0.900. The zero-order valence-electron chi connectivity index (χ0n) is 7.57. The second-order valence-electron chi connectivity index (χ2n) is 2.80. The lowest BCUT2D eigenvalue weighted by atomic mass is 10.1. The summed E-state index contributed by atoms with van der Waals surface area (Å²) < 4.78 is 5.16. The highest BCUT2D eigenvalue weighted by Crippen LogP contribution is 2.04. The van der Waals surface area contributed by atoms with E-state index in [2.05, 4.69) is 0 Å². The number of hydrogen-bond donors (Lipinski definition) is 2. The van der Waals surface area contributed by atoms with Crippen LogP contribution in [-0.2, 0) is 17.9 Å². The van der Waals surface area contributed by atoms with Gasteiger partial charge in [0, 0.05) is 6.54 Å². The fraction of sp³-hybridized carbons (Fsp3) is 0.400. The summed E-state index contributed by atoms with van der Waals surface area (Å²) in [7, 11) is 0. The standard InChI is InChI=1S/C10H15NO2/c11-7-9-1-3-10(4-2-9)8-13-6-5-12/h1-4,12H,5-8,11H2. The third kappa shape index (κ3) is 3.55. The van der Waals surface area contributed by atoms with Gasteiger partial charge in [0.05, 0.1) is 19.8 Å². The molecule has 72 valence electrons. The van der Waals surface area contributed by atoms with E-state index >= 15 is 0 Å². The van der Waals surface area contributed by atoms with Crippen molar-refractivity contribution in [2.45, 2.75) is 13.2 Å². The average Bonchev–Trinajstić information content (AvgIpc) is 2.19. The number of hydrogen-bond acceptors (Lipinski definition) is 3. The van der Waals surface area contributed by atoms with Crippen LogP contribution in [0.4, 0.5) is 0 Å². The predicted octanol–water partition coefficient (Wildman–Crippen LogP) is 0.654. The lowest BCUT2D eigenvalue weighted by Gasteiger charge is -2.03. The van der Waals surface area contributed by atoms with Crippen LogP contribution in [0.5, 0.6) is 0 Å². The van der Waals surface area contributed by atoms with Crippen molar-refractivity contribution in [3.8, 4) is 0 Å². The fourth-order valence-corrected chi connectivity index (χ4v) is 1.03. The molecule has 1 aromatic carbocycles. The molecule has 0 spiro atoms. The molecule has 0 aliphatic rings. The van der Waals surface area contributed by atoms with Gasteiger partial charge in [0.25, 0.3) is 0 Å². The SMILES string of the molecule is NCc1ccc(COCCO)cc1. The molecule has 0 bridgehead atoms. The second kappa shape index (κ2) is 5.70. The fourth-order valence-electron chi connectivity index (χ4n) is 1.03. The molecule has 0 atom stereocenters. The van der Waals surface area contributed by atoms with E-state index in [1.54, 1.807) is 0 Å². The van der Waals surface area contributed by atoms with Crippen LogP contribution in [-0.4, -0.2) is 18.3 Å². The Morgan fingerprint density at radius 2 is 1.77 bits per heavy atom. The highest BCUT2D eigenvalue weighted by molar-refractivity contribution is 5.21. The van der Waals surface area contributed by atoms with Gasteiger partial charge in [0.2, 0.25) is 0 Å². The summed E-state index contributed by atoms with van der Waals surface area (Å²) >= 11 is 0. The number of rotatable bonds is 5. The van der Waals surface area contributed by atoms with Crippen LogP contribution in [0.15, 0.2) is 24.3 Å². The molecule has 3 nitrogen and oxygen atoms in total. The summed E-state index contributed by atoms with van der Waals surface area (Å²) in [5, 5.41) is 8.48. The summed E-state index contributed by atoms with van der Waals surface area (Å²) in [6, 6.07) is 7.94. The Balaban J connectivity index is 2.40. The molecular formula is C10H15NO2. The van der Waals surface area contributed by atoms with Gasteiger partial charge < -0.3 is 15.6 Å². The first-order chi connectivity index (χ1) is 6.36. The Bertz CT molecular complexity index is 233. The van der Waals surface area contributed by atoms with E-state index in [1.165, 1.54) is 0 Å². The van der Waals surface area contributed by atoms with Crippen molar-refractivity contribution < 1.29 is 9.84 Å². The average molecular weight is 181 g/mol. The van der Waals surface area contributed by atoms with Gasteiger partial charge in [0.15, 0.2) is 0 Å². The third-order valence-corrected chi connectivity index (χ3v) is 1.76. The first-order valence-corrected chi connectivity index (χ1v) is 4.33. The molecule has 0 fully saturated rings. The highest BCUT2D eigenvalue weighted by atomic mass is 16.5. The maximum Gasteiger partial charge on any atom is 0.0718 e. The van der Waals surface area contributed by atoms with E-state index in [1.807, 2.05) is 24.3 Å². The molecule has 0 radical (unpaired) electrons. The smallest absolute Gasteiger partial charge is 0.0718 e. The van der Waals surface area contributed by atoms with Crippen LogP contribution in [0.1, 0.15) is 11.1 Å². The molecule has 1 rings (SSSR count). The van der Waals surface area contributed by atoms with E-state index in [0.717, 1.165) is 11.1 Å². The Morgan fingerprint density at radius 1 is 1.15 bits per heavy atom. The Morgan fingerprint density at radius 3 is 2.31 bits per heavy atom.